The molecule has 1 aromatic rings. The first-order valence-electron chi connectivity index (χ1n) is 2.90. The van der Waals surface area contributed by atoms with Crippen LogP contribution in [0.2, 0.25) is 5.02 Å². The van der Waals surface area contributed by atoms with Crippen LogP contribution in [0.25, 0.3) is 0 Å². The van der Waals surface area contributed by atoms with Crippen molar-refractivity contribution in [3.05, 3.63) is 28.8 Å². The Morgan fingerprint density at radius 2 is 2.18 bits per heavy atom. The Morgan fingerprint density at radius 3 is 2.73 bits per heavy atom. The van der Waals surface area contributed by atoms with E-state index in [1.165, 1.54) is 18.3 Å². The molecule has 0 spiro atoms. The van der Waals surface area contributed by atoms with Crippen LogP contribution >= 0.6 is 11.6 Å². The second-order valence-corrected chi connectivity index (χ2v) is 2.36. The van der Waals surface area contributed by atoms with Crippen molar-refractivity contribution in [2.75, 3.05) is 0 Å². The Balaban J connectivity index is 3.05. The SMILES string of the molecule is O/N=C\c1ccc(O)c(Cl)c1. The number of hydrogen-bond acceptors (Lipinski definition) is 3. The van der Waals surface area contributed by atoms with Crippen LogP contribution in [0, 0.1) is 0 Å². The summed E-state index contributed by atoms with van der Waals surface area (Å²) in [6.07, 6.45) is 1.23. The minimum Gasteiger partial charge on any atom is -0.506 e. The highest BCUT2D eigenvalue weighted by Gasteiger charge is 1.96. The molecule has 0 aliphatic rings. The van der Waals surface area contributed by atoms with Crippen molar-refractivity contribution in [2.24, 2.45) is 5.16 Å². The van der Waals surface area contributed by atoms with Gasteiger partial charge in [0.05, 0.1) is 11.2 Å². The fraction of sp³-hybridized carbons (Fsp3) is 0. The van der Waals surface area contributed by atoms with Crippen LogP contribution in [0.5, 0.6) is 5.75 Å². The van der Waals surface area contributed by atoms with E-state index in [2.05, 4.69) is 5.16 Å². The van der Waals surface area contributed by atoms with Gasteiger partial charge in [-0.15, -0.1) is 0 Å². The Kier molecular flexibility index (Phi) is 2.33. The molecule has 58 valence electrons. The van der Waals surface area contributed by atoms with E-state index < -0.39 is 0 Å². The van der Waals surface area contributed by atoms with Crippen molar-refractivity contribution < 1.29 is 10.3 Å². The largest absolute Gasteiger partial charge is 0.506 e. The van der Waals surface area contributed by atoms with Crippen molar-refractivity contribution >= 4 is 17.8 Å². The number of aromatic hydroxyl groups is 1. The summed E-state index contributed by atoms with van der Waals surface area (Å²) < 4.78 is 0. The molecule has 0 saturated carbocycles. The van der Waals surface area contributed by atoms with Crippen LogP contribution < -0.4 is 0 Å². The highest BCUT2D eigenvalue weighted by atomic mass is 35.5. The van der Waals surface area contributed by atoms with Gasteiger partial charge in [-0.3, -0.25) is 0 Å². The normalized spacial score (nSPS) is 10.6. The molecule has 0 fully saturated rings. The van der Waals surface area contributed by atoms with Gasteiger partial charge < -0.3 is 10.3 Å². The molecule has 1 aromatic carbocycles. The lowest BCUT2D eigenvalue weighted by Crippen LogP contribution is -1.79. The molecule has 4 heteroatoms. The van der Waals surface area contributed by atoms with Gasteiger partial charge in [0.2, 0.25) is 0 Å². The molecular formula is C7H6ClNO2. The lowest BCUT2D eigenvalue weighted by Gasteiger charge is -1.95. The first kappa shape index (κ1) is 7.88. The number of halogens is 1. The topological polar surface area (TPSA) is 52.8 Å². The summed E-state index contributed by atoms with van der Waals surface area (Å²) in [7, 11) is 0. The average Bonchev–Trinajstić information content (AvgIpc) is 1.98. The summed E-state index contributed by atoms with van der Waals surface area (Å²) in [6, 6.07) is 4.51. The van der Waals surface area contributed by atoms with E-state index in [-0.39, 0.29) is 10.8 Å². The Morgan fingerprint density at radius 1 is 1.45 bits per heavy atom. The molecule has 0 heterocycles. The molecule has 0 aliphatic heterocycles. The van der Waals surface area contributed by atoms with Gasteiger partial charge in [0.15, 0.2) is 0 Å². The maximum atomic E-state index is 8.97. The predicted molar refractivity (Wildman–Crippen MR) is 42.5 cm³/mol. The van der Waals surface area contributed by atoms with E-state index in [1.807, 2.05) is 0 Å². The number of rotatable bonds is 1. The van der Waals surface area contributed by atoms with Gasteiger partial charge in [0, 0.05) is 0 Å². The Hall–Kier alpha value is -1.22. The average molecular weight is 172 g/mol. The number of hydrogen-bond donors (Lipinski definition) is 2. The summed E-state index contributed by atoms with van der Waals surface area (Å²) in [6.45, 7) is 0. The van der Waals surface area contributed by atoms with Gasteiger partial charge in [0.25, 0.3) is 0 Å². The minimum absolute atomic E-state index is 0.0155. The van der Waals surface area contributed by atoms with E-state index in [1.54, 1.807) is 6.07 Å². The van der Waals surface area contributed by atoms with Crippen LogP contribution in [0.3, 0.4) is 0 Å². The highest BCUT2D eigenvalue weighted by Crippen LogP contribution is 2.22. The number of phenolic OH excluding ortho intramolecular Hbond substituents is 1. The second kappa shape index (κ2) is 3.25. The number of nitrogens with zero attached hydrogens (tertiary/aromatic N) is 1. The zero-order valence-electron chi connectivity index (χ0n) is 5.53. The Labute approximate surface area is 68.5 Å². The predicted octanol–water partition coefficient (Wildman–Crippen LogP) is 1.85. The van der Waals surface area contributed by atoms with Gasteiger partial charge in [-0.05, 0) is 23.8 Å². The fourth-order valence-corrected chi connectivity index (χ4v) is 0.859. The first-order chi connectivity index (χ1) is 5.24. The molecule has 11 heavy (non-hydrogen) atoms. The number of oxime groups is 1. The smallest absolute Gasteiger partial charge is 0.134 e. The maximum Gasteiger partial charge on any atom is 0.134 e. The zero-order valence-corrected chi connectivity index (χ0v) is 6.28. The molecule has 3 nitrogen and oxygen atoms in total. The van der Waals surface area contributed by atoms with E-state index in [4.69, 9.17) is 21.9 Å². The van der Waals surface area contributed by atoms with Gasteiger partial charge in [-0.25, -0.2) is 0 Å². The third-order valence-corrected chi connectivity index (χ3v) is 1.48. The summed E-state index contributed by atoms with van der Waals surface area (Å²) in [4.78, 5) is 0. The molecule has 1 rings (SSSR count). The highest BCUT2D eigenvalue weighted by molar-refractivity contribution is 6.32. The minimum atomic E-state index is 0.0155. The lowest BCUT2D eigenvalue weighted by atomic mass is 10.2. The molecular weight excluding hydrogens is 166 g/mol. The van der Waals surface area contributed by atoms with Crippen molar-refractivity contribution in [1.29, 1.82) is 0 Å². The summed E-state index contributed by atoms with van der Waals surface area (Å²) in [5.74, 6) is 0.0155. The maximum absolute atomic E-state index is 8.97. The fourth-order valence-electron chi connectivity index (χ4n) is 0.670. The van der Waals surface area contributed by atoms with Crippen LogP contribution in [-0.4, -0.2) is 16.5 Å². The van der Waals surface area contributed by atoms with Crippen LogP contribution in [0.1, 0.15) is 5.56 Å². The zero-order chi connectivity index (χ0) is 8.27. The molecule has 0 aliphatic carbocycles. The quantitative estimate of drug-likeness (QED) is 0.385. The molecule has 0 bridgehead atoms. The molecule has 0 aromatic heterocycles. The van der Waals surface area contributed by atoms with E-state index in [0.717, 1.165) is 0 Å². The van der Waals surface area contributed by atoms with Crippen LogP contribution in [-0.2, 0) is 0 Å². The van der Waals surface area contributed by atoms with E-state index in [0.29, 0.717) is 5.56 Å². The third-order valence-electron chi connectivity index (χ3n) is 1.18. The first-order valence-corrected chi connectivity index (χ1v) is 3.28. The van der Waals surface area contributed by atoms with Gasteiger partial charge in [-0.1, -0.05) is 16.8 Å². The van der Waals surface area contributed by atoms with Crippen molar-refractivity contribution in [1.82, 2.24) is 0 Å². The molecule has 0 amide bonds. The lowest BCUT2D eigenvalue weighted by molar-refractivity contribution is 0.322. The number of phenols is 1. The van der Waals surface area contributed by atoms with E-state index in [9.17, 15) is 0 Å². The molecule has 2 N–H and O–H groups in total. The molecule has 0 saturated heterocycles. The standard InChI is InChI=1S/C7H6ClNO2/c8-6-3-5(4-9-11)1-2-7(6)10/h1-4,10-11H/b9-4-. The van der Waals surface area contributed by atoms with Gasteiger partial charge in [-0.2, -0.15) is 0 Å². The van der Waals surface area contributed by atoms with Crippen molar-refractivity contribution in [3.8, 4) is 5.75 Å². The molecule has 0 atom stereocenters. The Bertz CT molecular complexity index is 286. The monoisotopic (exact) mass is 171 g/mol. The van der Waals surface area contributed by atoms with Crippen LogP contribution in [0.15, 0.2) is 23.4 Å². The van der Waals surface area contributed by atoms with E-state index >= 15 is 0 Å². The van der Waals surface area contributed by atoms with Crippen molar-refractivity contribution in [3.63, 3.8) is 0 Å². The van der Waals surface area contributed by atoms with Gasteiger partial charge >= 0.3 is 0 Å². The van der Waals surface area contributed by atoms with Gasteiger partial charge in [0.1, 0.15) is 5.75 Å². The summed E-state index contributed by atoms with van der Waals surface area (Å²) in [5.41, 5.74) is 0.635. The summed E-state index contributed by atoms with van der Waals surface area (Å²) in [5, 5.41) is 20.2. The third kappa shape index (κ3) is 1.85. The van der Waals surface area contributed by atoms with Crippen molar-refractivity contribution in [2.45, 2.75) is 0 Å². The molecule has 0 radical (unpaired) electrons. The number of benzene rings is 1. The summed E-state index contributed by atoms with van der Waals surface area (Å²) >= 11 is 5.56. The second-order valence-electron chi connectivity index (χ2n) is 1.96. The molecule has 0 unspecified atom stereocenters. The van der Waals surface area contributed by atoms with Crippen LogP contribution in [0.4, 0.5) is 0 Å².